The molecule has 0 fully saturated rings. The molecule has 0 aromatic heterocycles. The van der Waals surface area contributed by atoms with Crippen molar-refractivity contribution < 1.29 is 19.4 Å². The predicted octanol–water partition coefficient (Wildman–Crippen LogP) is 2.69. The monoisotopic (exact) mass is 280 g/mol. The molecule has 1 N–H and O–H groups in total. The van der Waals surface area contributed by atoms with Gasteiger partial charge in [0.1, 0.15) is 6.61 Å². The summed E-state index contributed by atoms with van der Waals surface area (Å²) < 4.78 is 10.9. The maximum atomic E-state index is 10.9. The van der Waals surface area contributed by atoms with E-state index < -0.39 is 0 Å². The molecule has 0 aliphatic heterocycles. The van der Waals surface area contributed by atoms with Gasteiger partial charge in [0.15, 0.2) is 0 Å². The number of esters is 1. The van der Waals surface area contributed by atoms with E-state index in [9.17, 15) is 4.79 Å². The molecule has 0 saturated heterocycles. The smallest absolute Gasteiger partial charge is 0.302 e. The standard InChI is InChI=1S/C16H24O4/c1-14(18)19-13-16(10-6-3-7-11-17)20-12-15-8-4-2-5-9-15/h2,4-5,8-9,16-17H,3,6-7,10-13H2,1H3/t16-/m0/s1. The Labute approximate surface area is 120 Å². The molecule has 112 valence electrons. The summed E-state index contributed by atoms with van der Waals surface area (Å²) in [5.74, 6) is -0.284. The van der Waals surface area contributed by atoms with Crippen molar-refractivity contribution in [3.8, 4) is 0 Å². The lowest BCUT2D eigenvalue weighted by molar-refractivity contribution is -0.145. The Morgan fingerprint density at radius 1 is 1.20 bits per heavy atom. The highest BCUT2D eigenvalue weighted by Gasteiger charge is 2.11. The molecule has 1 rings (SSSR count). The van der Waals surface area contributed by atoms with Crippen LogP contribution in [0.3, 0.4) is 0 Å². The molecule has 0 aliphatic rings. The molecule has 0 amide bonds. The minimum atomic E-state index is -0.284. The van der Waals surface area contributed by atoms with Crippen molar-refractivity contribution in [2.45, 2.75) is 45.3 Å². The number of carbonyl (C=O) groups is 1. The molecule has 0 heterocycles. The third-order valence-electron chi connectivity index (χ3n) is 2.99. The van der Waals surface area contributed by atoms with Crippen molar-refractivity contribution in [1.82, 2.24) is 0 Å². The van der Waals surface area contributed by atoms with Crippen molar-refractivity contribution in [1.29, 1.82) is 0 Å². The van der Waals surface area contributed by atoms with Gasteiger partial charge in [-0.1, -0.05) is 43.2 Å². The molecule has 4 nitrogen and oxygen atoms in total. The van der Waals surface area contributed by atoms with Crippen LogP contribution in [0.2, 0.25) is 0 Å². The number of carbonyl (C=O) groups excluding carboxylic acids is 1. The Hall–Kier alpha value is -1.39. The first-order valence-electron chi connectivity index (χ1n) is 7.12. The van der Waals surface area contributed by atoms with Gasteiger partial charge in [-0.15, -0.1) is 0 Å². The van der Waals surface area contributed by atoms with E-state index in [0.717, 1.165) is 31.2 Å². The Balaban J connectivity index is 2.34. The minimum absolute atomic E-state index is 0.0854. The van der Waals surface area contributed by atoms with Crippen LogP contribution in [0, 0.1) is 0 Å². The fourth-order valence-corrected chi connectivity index (χ4v) is 1.87. The Kier molecular flexibility index (Phi) is 8.67. The highest BCUT2D eigenvalue weighted by Crippen LogP contribution is 2.11. The summed E-state index contributed by atoms with van der Waals surface area (Å²) >= 11 is 0. The van der Waals surface area contributed by atoms with E-state index in [1.165, 1.54) is 6.92 Å². The summed E-state index contributed by atoms with van der Waals surface area (Å²) in [6, 6.07) is 9.93. The van der Waals surface area contributed by atoms with Crippen LogP contribution in [0.25, 0.3) is 0 Å². The van der Waals surface area contributed by atoms with Gasteiger partial charge in [-0.2, -0.15) is 0 Å². The summed E-state index contributed by atoms with van der Waals surface area (Å²) in [5, 5.41) is 8.76. The molecule has 20 heavy (non-hydrogen) atoms. The van der Waals surface area contributed by atoms with E-state index in [4.69, 9.17) is 14.6 Å². The Morgan fingerprint density at radius 2 is 1.95 bits per heavy atom. The second-order valence-electron chi connectivity index (χ2n) is 4.79. The topological polar surface area (TPSA) is 55.8 Å². The molecule has 0 aliphatic carbocycles. The molecule has 1 atom stereocenters. The van der Waals surface area contributed by atoms with E-state index in [-0.39, 0.29) is 18.7 Å². The molecular formula is C16H24O4. The van der Waals surface area contributed by atoms with Crippen LogP contribution in [-0.2, 0) is 20.9 Å². The second-order valence-corrected chi connectivity index (χ2v) is 4.79. The summed E-state index contributed by atoms with van der Waals surface area (Å²) in [7, 11) is 0. The van der Waals surface area contributed by atoms with Crippen molar-refractivity contribution in [3.05, 3.63) is 35.9 Å². The maximum Gasteiger partial charge on any atom is 0.302 e. The van der Waals surface area contributed by atoms with Crippen LogP contribution >= 0.6 is 0 Å². The van der Waals surface area contributed by atoms with E-state index in [2.05, 4.69) is 0 Å². The van der Waals surface area contributed by atoms with Gasteiger partial charge in [0.25, 0.3) is 0 Å². The van der Waals surface area contributed by atoms with E-state index in [1.54, 1.807) is 0 Å². The first kappa shape index (κ1) is 16.7. The zero-order chi connectivity index (χ0) is 14.6. The van der Waals surface area contributed by atoms with Gasteiger partial charge in [-0.25, -0.2) is 0 Å². The lowest BCUT2D eigenvalue weighted by Gasteiger charge is -2.17. The number of ether oxygens (including phenoxy) is 2. The number of aliphatic hydroxyl groups is 1. The molecule has 1 aromatic rings. The molecule has 0 spiro atoms. The molecule has 1 aromatic carbocycles. The van der Waals surface area contributed by atoms with Crippen molar-refractivity contribution >= 4 is 5.97 Å². The van der Waals surface area contributed by atoms with Gasteiger partial charge < -0.3 is 14.6 Å². The van der Waals surface area contributed by atoms with E-state index >= 15 is 0 Å². The zero-order valence-corrected chi connectivity index (χ0v) is 12.1. The summed E-state index contributed by atoms with van der Waals surface area (Å²) in [6.07, 6.45) is 3.47. The van der Waals surface area contributed by atoms with Crippen molar-refractivity contribution in [3.63, 3.8) is 0 Å². The van der Waals surface area contributed by atoms with Crippen LogP contribution in [-0.4, -0.2) is 30.4 Å². The number of rotatable bonds is 10. The van der Waals surface area contributed by atoms with Gasteiger partial charge in [-0.05, 0) is 18.4 Å². The lowest BCUT2D eigenvalue weighted by Crippen LogP contribution is -2.21. The predicted molar refractivity (Wildman–Crippen MR) is 77.2 cm³/mol. The van der Waals surface area contributed by atoms with Crippen LogP contribution in [0.4, 0.5) is 0 Å². The first-order chi connectivity index (χ1) is 9.72. The van der Waals surface area contributed by atoms with Gasteiger partial charge >= 0.3 is 5.97 Å². The normalized spacial score (nSPS) is 12.1. The number of benzene rings is 1. The average Bonchev–Trinajstić information content (AvgIpc) is 2.46. The van der Waals surface area contributed by atoms with Crippen molar-refractivity contribution in [2.75, 3.05) is 13.2 Å². The Morgan fingerprint density at radius 3 is 2.60 bits per heavy atom. The SMILES string of the molecule is CC(=O)OC[C@H](CCCCCO)OCc1ccccc1. The number of hydrogen-bond donors (Lipinski definition) is 1. The average molecular weight is 280 g/mol. The Bertz CT molecular complexity index is 364. The fraction of sp³-hybridized carbons (Fsp3) is 0.562. The zero-order valence-electron chi connectivity index (χ0n) is 12.1. The van der Waals surface area contributed by atoms with Gasteiger partial charge in [0.2, 0.25) is 0 Å². The third kappa shape index (κ3) is 7.92. The highest BCUT2D eigenvalue weighted by molar-refractivity contribution is 5.65. The highest BCUT2D eigenvalue weighted by atomic mass is 16.6. The number of hydrogen-bond acceptors (Lipinski definition) is 4. The quantitative estimate of drug-likeness (QED) is 0.529. The van der Waals surface area contributed by atoms with Crippen LogP contribution in [0.5, 0.6) is 0 Å². The van der Waals surface area contributed by atoms with Crippen LogP contribution < -0.4 is 0 Å². The molecule has 0 radical (unpaired) electrons. The maximum absolute atomic E-state index is 10.9. The molecule has 4 heteroatoms. The molecule has 0 unspecified atom stereocenters. The van der Waals surface area contributed by atoms with E-state index in [0.29, 0.717) is 13.2 Å². The summed E-state index contributed by atoms with van der Waals surface area (Å²) in [4.78, 5) is 10.9. The third-order valence-corrected chi connectivity index (χ3v) is 2.99. The number of unbranched alkanes of at least 4 members (excludes halogenated alkanes) is 2. The van der Waals surface area contributed by atoms with E-state index in [1.807, 2.05) is 30.3 Å². The fourth-order valence-electron chi connectivity index (χ4n) is 1.87. The summed E-state index contributed by atoms with van der Waals surface area (Å²) in [6.45, 7) is 2.44. The molecule has 0 bridgehead atoms. The lowest BCUT2D eigenvalue weighted by atomic mass is 10.1. The molecule has 0 saturated carbocycles. The van der Waals surface area contributed by atoms with Gasteiger partial charge in [0, 0.05) is 13.5 Å². The number of aliphatic hydroxyl groups excluding tert-OH is 1. The van der Waals surface area contributed by atoms with Gasteiger partial charge in [-0.3, -0.25) is 4.79 Å². The second kappa shape index (κ2) is 10.4. The van der Waals surface area contributed by atoms with Crippen molar-refractivity contribution in [2.24, 2.45) is 0 Å². The minimum Gasteiger partial charge on any atom is -0.463 e. The molecular weight excluding hydrogens is 256 g/mol. The summed E-state index contributed by atoms with van der Waals surface area (Å²) in [5.41, 5.74) is 1.11. The first-order valence-corrected chi connectivity index (χ1v) is 7.12. The van der Waals surface area contributed by atoms with Gasteiger partial charge in [0.05, 0.1) is 12.7 Å². The van der Waals surface area contributed by atoms with Crippen LogP contribution in [0.1, 0.15) is 38.2 Å². The van der Waals surface area contributed by atoms with Crippen LogP contribution in [0.15, 0.2) is 30.3 Å². The largest absolute Gasteiger partial charge is 0.463 e.